The van der Waals surface area contributed by atoms with Crippen molar-refractivity contribution < 1.29 is 0 Å². The van der Waals surface area contributed by atoms with Gasteiger partial charge in [0.15, 0.2) is 0 Å². The van der Waals surface area contributed by atoms with E-state index in [0.29, 0.717) is 0 Å². The van der Waals surface area contributed by atoms with Gasteiger partial charge < -0.3 is 13.7 Å². The van der Waals surface area contributed by atoms with Gasteiger partial charge in [0.05, 0.1) is 33.1 Å². The van der Waals surface area contributed by atoms with Gasteiger partial charge in [0.25, 0.3) is 0 Å². The normalized spacial score (nSPS) is 13.0. The summed E-state index contributed by atoms with van der Waals surface area (Å²) in [6.07, 6.45) is 0. The van der Waals surface area contributed by atoms with Gasteiger partial charge in [-0.2, -0.15) is 0 Å². The molecule has 1 aliphatic carbocycles. The molecule has 14 aromatic rings. The van der Waals surface area contributed by atoms with E-state index in [0.717, 1.165) is 11.4 Å². The van der Waals surface area contributed by atoms with Crippen LogP contribution in [0.1, 0.15) is 25.0 Å². The Labute approximate surface area is 417 Å². The van der Waals surface area contributed by atoms with Crippen molar-refractivity contribution in [3.05, 3.63) is 260 Å². The lowest BCUT2D eigenvalue weighted by molar-refractivity contribution is 0.661. The van der Waals surface area contributed by atoms with Crippen LogP contribution in [0, 0.1) is 0 Å². The van der Waals surface area contributed by atoms with Crippen molar-refractivity contribution in [3.63, 3.8) is 0 Å². The molecule has 0 fully saturated rings. The maximum absolute atomic E-state index is 2.53. The molecule has 0 aliphatic heterocycles. The Morgan fingerprint density at radius 1 is 0.250 bits per heavy atom. The van der Waals surface area contributed by atoms with Crippen LogP contribution in [-0.4, -0.2) is 13.7 Å². The number of hydrogen-bond donors (Lipinski definition) is 0. The highest BCUT2D eigenvalue weighted by molar-refractivity contribution is 6.17. The van der Waals surface area contributed by atoms with Crippen molar-refractivity contribution in [1.82, 2.24) is 13.7 Å². The molecule has 0 saturated carbocycles. The lowest BCUT2D eigenvalue weighted by Crippen LogP contribution is -2.15. The third-order valence-electron chi connectivity index (χ3n) is 15.8. The van der Waals surface area contributed by atoms with Gasteiger partial charge in [0, 0.05) is 54.8 Å². The first-order valence-electron chi connectivity index (χ1n) is 25.1. The fraction of sp³-hybridized carbons (Fsp3) is 0.0435. The minimum atomic E-state index is -0.217. The summed E-state index contributed by atoms with van der Waals surface area (Å²) >= 11 is 0. The lowest BCUT2D eigenvalue weighted by Gasteiger charge is -2.22. The number of hydrogen-bond acceptors (Lipinski definition) is 0. The molecule has 1 aliphatic rings. The minimum Gasteiger partial charge on any atom is -0.309 e. The molecule has 0 spiro atoms. The molecule has 0 saturated heterocycles. The number of nitrogens with zero attached hydrogens (tertiary/aromatic N) is 3. The van der Waals surface area contributed by atoms with Gasteiger partial charge in [-0.25, -0.2) is 0 Å². The molecule has 11 aromatic carbocycles. The van der Waals surface area contributed by atoms with Crippen molar-refractivity contribution in [1.29, 1.82) is 0 Å². The fourth-order valence-corrected chi connectivity index (χ4v) is 12.5. The molecule has 3 aromatic heterocycles. The molecule has 72 heavy (non-hydrogen) atoms. The second kappa shape index (κ2) is 15.4. The van der Waals surface area contributed by atoms with E-state index in [2.05, 4.69) is 276 Å². The Morgan fingerprint density at radius 2 is 0.750 bits per heavy atom. The summed E-state index contributed by atoms with van der Waals surface area (Å²) in [5.41, 5.74) is 23.1. The number of rotatable bonds is 6. The van der Waals surface area contributed by atoms with Crippen molar-refractivity contribution in [3.8, 4) is 61.6 Å². The predicted molar refractivity (Wildman–Crippen MR) is 303 cm³/mol. The van der Waals surface area contributed by atoms with Crippen LogP contribution in [0.15, 0.2) is 249 Å². The summed E-state index contributed by atoms with van der Waals surface area (Å²) in [7, 11) is 0. The maximum Gasteiger partial charge on any atom is 0.0547 e. The van der Waals surface area contributed by atoms with Gasteiger partial charge in [0.2, 0.25) is 0 Å². The monoisotopic (exact) mass is 917 g/mol. The number of para-hydroxylation sites is 5. The average Bonchev–Trinajstić information content (AvgIpc) is 4.14. The highest BCUT2D eigenvalue weighted by atomic mass is 15.0. The predicted octanol–water partition coefficient (Wildman–Crippen LogP) is 18.3. The molecule has 0 amide bonds. The topological polar surface area (TPSA) is 14.8 Å². The minimum absolute atomic E-state index is 0.217. The van der Waals surface area contributed by atoms with Gasteiger partial charge in [-0.3, -0.25) is 0 Å². The zero-order valence-corrected chi connectivity index (χ0v) is 40.0. The molecule has 3 heterocycles. The van der Waals surface area contributed by atoms with Gasteiger partial charge >= 0.3 is 0 Å². The van der Waals surface area contributed by atoms with E-state index in [1.807, 2.05) is 0 Å². The van der Waals surface area contributed by atoms with Crippen molar-refractivity contribution >= 4 is 65.4 Å². The SMILES string of the molecule is CC1(C)c2ccc(-c3ccc4c(c3)c3ccccc3n4-c3ccccc3)cc2-c2cc3c4ccccc4n(-c4cc(-c5ccccc5)cc(-c5cccc6c5c5ccccc5n6-c5ccccc5)c4)c3cc21. The molecule has 0 atom stereocenters. The van der Waals surface area contributed by atoms with Crippen LogP contribution >= 0.6 is 0 Å². The summed E-state index contributed by atoms with van der Waals surface area (Å²) < 4.78 is 7.33. The van der Waals surface area contributed by atoms with Gasteiger partial charge in [-0.05, 0) is 153 Å². The van der Waals surface area contributed by atoms with Crippen LogP contribution in [0.25, 0.3) is 127 Å². The zero-order chi connectivity index (χ0) is 47.7. The van der Waals surface area contributed by atoms with Gasteiger partial charge in [-0.15, -0.1) is 0 Å². The number of fused-ring (bicyclic) bond motifs is 12. The quantitative estimate of drug-likeness (QED) is 0.158. The third-order valence-corrected chi connectivity index (χ3v) is 15.8. The molecular weight excluding hydrogens is 871 g/mol. The Bertz CT molecular complexity index is 4510. The Hall–Kier alpha value is -9.18. The zero-order valence-electron chi connectivity index (χ0n) is 40.0. The van der Waals surface area contributed by atoms with Crippen molar-refractivity contribution in [2.75, 3.05) is 0 Å². The van der Waals surface area contributed by atoms with E-state index >= 15 is 0 Å². The molecule has 0 radical (unpaired) electrons. The fourth-order valence-electron chi connectivity index (χ4n) is 12.5. The first kappa shape index (κ1) is 40.7. The summed E-state index contributed by atoms with van der Waals surface area (Å²) in [4.78, 5) is 0. The van der Waals surface area contributed by atoms with E-state index in [1.165, 1.54) is 127 Å². The molecule has 15 rings (SSSR count). The van der Waals surface area contributed by atoms with Gasteiger partial charge in [-0.1, -0.05) is 166 Å². The molecule has 0 unspecified atom stereocenters. The van der Waals surface area contributed by atoms with Crippen LogP contribution in [0.2, 0.25) is 0 Å². The van der Waals surface area contributed by atoms with Crippen LogP contribution in [0.5, 0.6) is 0 Å². The smallest absolute Gasteiger partial charge is 0.0547 e. The van der Waals surface area contributed by atoms with E-state index in [1.54, 1.807) is 0 Å². The molecule has 3 nitrogen and oxygen atoms in total. The largest absolute Gasteiger partial charge is 0.309 e. The number of aromatic nitrogens is 3. The third kappa shape index (κ3) is 5.91. The summed E-state index contributed by atoms with van der Waals surface area (Å²) in [5, 5.41) is 7.53. The first-order chi connectivity index (χ1) is 35.5. The molecule has 0 bridgehead atoms. The molecule has 0 N–H and O–H groups in total. The summed E-state index contributed by atoms with van der Waals surface area (Å²) in [6.45, 7) is 4.81. The van der Waals surface area contributed by atoms with E-state index < -0.39 is 0 Å². The highest BCUT2D eigenvalue weighted by Gasteiger charge is 2.37. The van der Waals surface area contributed by atoms with Crippen LogP contribution in [0.4, 0.5) is 0 Å². The number of benzene rings is 11. The van der Waals surface area contributed by atoms with Crippen molar-refractivity contribution in [2.24, 2.45) is 0 Å². The van der Waals surface area contributed by atoms with E-state index in [4.69, 9.17) is 0 Å². The second-order valence-electron chi connectivity index (χ2n) is 20.1. The van der Waals surface area contributed by atoms with Crippen LogP contribution in [-0.2, 0) is 5.41 Å². The molecule has 3 heteroatoms. The first-order valence-corrected chi connectivity index (χ1v) is 25.1. The standard InChI is InChI=1S/C69H47N3/c1-69(2)60-35-33-45(46-34-36-65-58(41-46)53-25-12-15-29-62(53)70(65)49-21-8-4-9-22-49)40-56(60)57-42-59-54-26-13-16-30-63(54)72(67(59)43-61(57)69)51-38-47(44-19-6-3-7-20-44)37-48(39-51)52-28-18-32-66-68(52)55-27-14-17-31-64(55)71(66)50-23-10-5-11-24-50/h3-43H,1-2H3. The van der Waals surface area contributed by atoms with Crippen LogP contribution < -0.4 is 0 Å². The Kier molecular flexibility index (Phi) is 8.71. The van der Waals surface area contributed by atoms with Crippen LogP contribution in [0.3, 0.4) is 0 Å². The second-order valence-corrected chi connectivity index (χ2v) is 20.1. The summed E-state index contributed by atoms with van der Waals surface area (Å²) in [5.74, 6) is 0. The Morgan fingerprint density at radius 3 is 1.44 bits per heavy atom. The Balaban J connectivity index is 0.924. The highest BCUT2D eigenvalue weighted by Crippen LogP contribution is 2.52. The average molecular weight is 918 g/mol. The lowest BCUT2D eigenvalue weighted by atomic mass is 9.82. The van der Waals surface area contributed by atoms with Crippen molar-refractivity contribution in [2.45, 2.75) is 19.3 Å². The van der Waals surface area contributed by atoms with E-state index in [-0.39, 0.29) is 5.41 Å². The molecule has 338 valence electrons. The van der Waals surface area contributed by atoms with Gasteiger partial charge in [0.1, 0.15) is 0 Å². The summed E-state index contributed by atoms with van der Waals surface area (Å²) in [6, 6.07) is 92.2. The maximum atomic E-state index is 2.53. The molecular formula is C69H47N3. The van der Waals surface area contributed by atoms with E-state index in [9.17, 15) is 0 Å².